The van der Waals surface area contributed by atoms with Gasteiger partial charge in [-0.15, -0.1) is 0 Å². The fraction of sp³-hybridized carbons (Fsp3) is 0.727. The molecule has 0 saturated heterocycles. The molecule has 1 heterocycles. The van der Waals surface area contributed by atoms with Crippen molar-refractivity contribution in [3.8, 4) is 0 Å². The number of hydrogen-bond acceptors (Lipinski definition) is 3. The first-order valence-electron chi connectivity index (χ1n) is 5.31. The molecule has 0 bridgehead atoms. The van der Waals surface area contributed by atoms with E-state index in [9.17, 15) is 0 Å². The van der Waals surface area contributed by atoms with Gasteiger partial charge in [0.2, 0.25) is 0 Å². The van der Waals surface area contributed by atoms with E-state index in [1.165, 1.54) is 0 Å². The third-order valence-corrected chi connectivity index (χ3v) is 4.40. The van der Waals surface area contributed by atoms with Gasteiger partial charge in [-0.3, -0.25) is 4.68 Å². The van der Waals surface area contributed by atoms with Crippen LogP contribution in [0.5, 0.6) is 0 Å². The first-order chi connectivity index (χ1) is 7.37. The van der Waals surface area contributed by atoms with E-state index in [0.717, 1.165) is 29.5 Å². The van der Waals surface area contributed by atoms with Crippen LogP contribution in [0.1, 0.15) is 25.1 Å². The van der Waals surface area contributed by atoms with Crippen LogP contribution < -0.4 is 5.32 Å². The summed E-state index contributed by atoms with van der Waals surface area (Å²) < 4.78 is 1.97. The third kappa shape index (κ3) is 3.40. The van der Waals surface area contributed by atoms with Crippen molar-refractivity contribution in [2.24, 2.45) is 7.05 Å². The van der Waals surface area contributed by atoms with Gasteiger partial charge in [0, 0.05) is 30.4 Å². The lowest BCUT2D eigenvalue weighted by atomic mass is 10.2. The Hall–Kier alpha value is -0.190. The molecule has 0 spiro atoms. The highest BCUT2D eigenvalue weighted by Crippen LogP contribution is 2.21. The Morgan fingerprint density at radius 1 is 1.50 bits per heavy atom. The monoisotopic (exact) mass is 261 g/mol. The van der Waals surface area contributed by atoms with Crippen molar-refractivity contribution >= 4 is 23.4 Å². The number of rotatable bonds is 5. The molecule has 1 aromatic heterocycles. The molecule has 0 aliphatic carbocycles. The highest BCUT2D eigenvalue weighted by atomic mass is 35.5. The lowest BCUT2D eigenvalue weighted by Crippen LogP contribution is -2.31. The highest BCUT2D eigenvalue weighted by molar-refractivity contribution is 7.99. The maximum Gasteiger partial charge on any atom is 0.131 e. The van der Waals surface area contributed by atoms with Crippen molar-refractivity contribution in [3.63, 3.8) is 0 Å². The van der Waals surface area contributed by atoms with Gasteiger partial charge in [0.25, 0.3) is 0 Å². The van der Waals surface area contributed by atoms with Crippen molar-refractivity contribution in [2.45, 2.75) is 32.1 Å². The maximum atomic E-state index is 6.15. The van der Waals surface area contributed by atoms with Gasteiger partial charge in [-0.25, -0.2) is 0 Å². The zero-order valence-corrected chi connectivity index (χ0v) is 12.2. The van der Waals surface area contributed by atoms with E-state index in [1.807, 2.05) is 25.7 Å². The van der Waals surface area contributed by atoms with Gasteiger partial charge in [-0.05, 0) is 27.0 Å². The molecule has 0 aliphatic rings. The summed E-state index contributed by atoms with van der Waals surface area (Å²) in [7, 11) is 1.87. The Morgan fingerprint density at radius 2 is 2.12 bits per heavy atom. The minimum Gasteiger partial charge on any atom is -0.311 e. The Kier molecular flexibility index (Phi) is 4.71. The van der Waals surface area contributed by atoms with Gasteiger partial charge in [0.05, 0.1) is 5.69 Å². The van der Waals surface area contributed by atoms with Gasteiger partial charge < -0.3 is 5.32 Å². The summed E-state index contributed by atoms with van der Waals surface area (Å²) in [6.07, 6.45) is 2.13. The average Bonchev–Trinajstić information content (AvgIpc) is 2.44. The van der Waals surface area contributed by atoms with Crippen LogP contribution in [0.3, 0.4) is 0 Å². The van der Waals surface area contributed by atoms with Crippen LogP contribution in [0.25, 0.3) is 0 Å². The minimum atomic E-state index is 0.253. The predicted molar refractivity (Wildman–Crippen MR) is 72.3 cm³/mol. The number of thioether (sulfide) groups is 1. The molecule has 0 aromatic carbocycles. The molecule has 0 unspecified atom stereocenters. The largest absolute Gasteiger partial charge is 0.311 e. The van der Waals surface area contributed by atoms with Crippen LogP contribution in [0.2, 0.25) is 5.15 Å². The molecule has 1 rings (SSSR count). The van der Waals surface area contributed by atoms with Crippen molar-refractivity contribution < 1.29 is 0 Å². The molecule has 0 atom stereocenters. The van der Waals surface area contributed by atoms with Crippen molar-refractivity contribution in [1.82, 2.24) is 15.1 Å². The molecule has 0 saturated carbocycles. The number of hydrogen-bond donors (Lipinski definition) is 1. The Balaban J connectivity index is 2.55. The average molecular weight is 262 g/mol. The molecule has 0 amide bonds. The predicted octanol–water partition coefficient (Wildman–Crippen LogP) is 2.61. The molecule has 16 heavy (non-hydrogen) atoms. The second kappa shape index (κ2) is 5.43. The standard InChI is InChI=1S/C11H20ClN3S/c1-8-9(10(12)15(4)14-8)6-13-7-11(2,3)16-5/h13H,6-7H2,1-5H3. The third-order valence-electron chi connectivity index (χ3n) is 2.67. The number of nitrogens with zero attached hydrogens (tertiary/aromatic N) is 2. The molecule has 1 aromatic rings. The van der Waals surface area contributed by atoms with Crippen LogP contribution in [-0.2, 0) is 13.6 Å². The van der Waals surface area contributed by atoms with Crippen LogP contribution >= 0.6 is 23.4 Å². The second-order valence-electron chi connectivity index (χ2n) is 4.55. The summed E-state index contributed by atoms with van der Waals surface area (Å²) >= 11 is 8.01. The van der Waals surface area contributed by atoms with Gasteiger partial charge in [-0.2, -0.15) is 16.9 Å². The summed E-state index contributed by atoms with van der Waals surface area (Å²) in [5, 5.41) is 8.44. The zero-order valence-electron chi connectivity index (χ0n) is 10.6. The number of halogens is 1. The molecule has 0 aliphatic heterocycles. The SMILES string of the molecule is CSC(C)(C)CNCc1c(C)nn(C)c1Cl. The van der Waals surface area contributed by atoms with E-state index in [-0.39, 0.29) is 4.75 Å². The van der Waals surface area contributed by atoms with E-state index in [0.29, 0.717) is 0 Å². The first-order valence-corrected chi connectivity index (χ1v) is 6.91. The molecule has 3 nitrogen and oxygen atoms in total. The molecule has 0 radical (unpaired) electrons. The van der Waals surface area contributed by atoms with Gasteiger partial charge in [-0.1, -0.05) is 11.6 Å². The number of nitrogens with one attached hydrogen (secondary N) is 1. The highest BCUT2D eigenvalue weighted by Gasteiger charge is 2.16. The molecule has 1 N–H and O–H groups in total. The van der Waals surface area contributed by atoms with Crippen molar-refractivity contribution in [3.05, 3.63) is 16.4 Å². The smallest absolute Gasteiger partial charge is 0.131 e. The van der Waals surface area contributed by atoms with Crippen LogP contribution in [0.15, 0.2) is 0 Å². The van der Waals surface area contributed by atoms with Crippen LogP contribution in [-0.4, -0.2) is 27.3 Å². The normalized spacial score (nSPS) is 12.1. The first kappa shape index (κ1) is 13.9. The molecule has 0 fully saturated rings. The van der Waals surface area contributed by atoms with E-state index >= 15 is 0 Å². The maximum absolute atomic E-state index is 6.15. The fourth-order valence-corrected chi connectivity index (χ4v) is 1.92. The lowest BCUT2D eigenvalue weighted by molar-refractivity contribution is 0.590. The molecular weight excluding hydrogens is 242 g/mol. The minimum absolute atomic E-state index is 0.253. The van der Waals surface area contributed by atoms with Gasteiger partial charge in [0.15, 0.2) is 0 Å². The number of aryl methyl sites for hydroxylation is 2. The van der Waals surface area contributed by atoms with E-state index in [2.05, 4.69) is 30.5 Å². The van der Waals surface area contributed by atoms with Crippen LogP contribution in [0, 0.1) is 6.92 Å². The summed E-state index contributed by atoms with van der Waals surface area (Å²) in [6.45, 7) is 8.18. The topological polar surface area (TPSA) is 29.9 Å². The Morgan fingerprint density at radius 3 is 2.56 bits per heavy atom. The molecule has 92 valence electrons. The van der Waals surface area contributed by atoms with E-state index < -0.39 is 0 Å². The van der Waals surface area contributed by atoms with Crippen LogP contribution in [0.4, 0.5) is 0 Å². The summed E-state index contributed by atoms with van der Waals surface area (Å²) in [5.74, 6) is 0. The van der Waals surface area contributed by atoms with Crippen molar-refractivity contribution in [1.29, 1.82) is 0 Å². The molecule has 5 heteroatoms. The van der Waals surface area contributed by atoms with Gasteiger partial charge in [0.1, 0.15) is 5.15 Å². The molecular formula is C11H20ClN3S. The quantitative estimate of drug-likeness (QED) is 0.884. The fourth-order valence-electron chi connectivity index (χ4n) is 1.44. The Labute approximate surface area is 107 Å². The zero-order chi connectivity index (χ0) is 12.3. The van der Waals surface area contributed by atoms with Crippen molar-refractivity contribution in [2.75, 3.05) is 12.8 Å². The Bertz CT molecular complexity index is 360. The summed E-state index contributed by atoms with van der Waals surface area (Å²) in [5.41, 5.74) is 2.10. The van der Waals surface area contributed by atoms with E-state index in [1.54, 1.807) is 4.68 Å². The number of aromatic nitrogens is 2. The summed E-state index contributed by atoms with van der Waals surface area (Å²) in [4.78, 5) is 0. The second-order valence-corrected chi connectivity index (χ2v) is 6.42. The van der Waals surface area contributed by atoms with E-state index in [4.69, 9.17) is 11.6 Å². The van der Waals surface area contributed by atoms with Gasteiger partial charge >= 0.3 is 0 Å². The summed E-state index contributed by atoms with van der Waals surface area (Å²) in [6, 6.07) is 0. The lowest BCUT2D eigenvalue weighted by Gasteiger charge is -2.22.